The standard InChI is InChI=1S/C9H15N3O3S/c10-8(13)15-3-1-2-6-7-5(4-16-6)11-9(14)12-7/h5-7H,1-4H2,(H2,10,13)(H2,11,12,14). The Kier molecular flexibility index (Phi) is 3.42. The normalized spacial score (nSPS) is 31.8. The Hall–Kier alpha value is -1.11. The van der Waals surface area contributed by atoms with Gasteiger partial charge in [0.25, 0.3) is 0 Å². The van der Waals surface area contributed by atoms with Crippen molar-refractivity contribution in [1.29, 1.82) is 0 Å². The molecule has 6 nitrogen and oxygen atoms in total. The first kappa shape index (κ1) is 11.4. The first-order valence-corrected chi connectivity index (χ1v) is 6.32. The Morgan fingerprint density at radius 1 is 1.56 bits per heavy atom. The van der Waals surface area contributed by atoms with Crippen LogP contribution in [0.4, 0.5) is 9.59 Å². The summed E-state index contributed by atoms with van der Waals surface area (Å²) >= 11 is 1.85. The van der Waals surface area contributed by atoms with Gasteiger partial charge in [0.2, 0.25) is 0 Å². The Morgan fingerprint density at radius 2 is 2.38 bits per heavy atom. The molecule has 4 N–H and O–H groups in total. The smallest absolute Gasteiger partial charge is 0.404 e. The number of nitrogens with one attached hydrogen (secondary N) is 2. The summed E-state index contributed by atoms with van der Waals surface area (Å²) in [6, 6.07) is 0.388. The first-order chi connectivity index (χ1) is 7.66. The van der Waals surface area contributed by atoms with Crippen LogP contribution in [0.2, 0.25) is 0 Å². The molecule has 0 radical (unpaired) electrons. The van der Waals surface area contributed by atoms with Gasteiger partial charge in [-0.15, -0.1) is 0 Å². The van der Waals surface area contributed by atoms with E-state index in [9.17, 15) is 9.59 Å². The number of carbonyl (C=O) groups excluding carboxylic acids is 2. The van der Waals surface area contributed by atoms with Crippen LogP contribution in [0.15, 0.2) is 0 Å². The fourth-order valence-corrected chi connectivity index (χ4v) is 3.64. The van der Waals surface area contributed by atoms with Crippen molar-refractivity contribution >= 4 is 23.9 Å². The molecular formula is C9H15N3O3S. The molecule has 2 heterocycles. The number of nitrogens with two attached hydrogens (primary N) is 1. The molecule has 0 aliphatic carbocycles. The van der Waals surface area contributed by atoms with E-state index in [2.05, 4.69) is 15.4 Å². The number of carbonyl (C=O) groups is 2. The maximum atomic E-state index is 11.1. The number of amides is 3. The molecule has 0 aromatic rings. The van der Waals surface area contributed by atoms with Crippen molar-refractivity contribution in [2.45, 2.75) is 30.2 Å². The molecule has 2 aliphatic rings. The molecule has 0 saturated carbocycles. The van der Waals surface area contributed by atoms with Gasteiger partial charge in [0.1, 0.15) is 0 Å². The van der Waals surface area contributed by atoms with Crippen molar-refractivity contribution in [1.82, 2.24) is 10.6 Å². The van der Waals surface area contributed by atoms with E-state index in [0.29, 0.717) is 11.9 Å². The lowest BCUT2D eigenvalue weighted by Crippen LogP contribution is -2.36. The van der Waals surface area contributed by atoms with E-state index in [0.717, 1.165) is 18.6 Å². The minimum atomic E-state index is -0.729. The van der Waals surface area contributed by atoms with Crippen LogP contribution in [0.25, 0.3) is 0 Å². The Labute approximate surface area is 97.6 Å². The van der Waals surface area contributed by atoms with E-state index in [1.165, 1.54) is 0 Å². The maximum absolute atomic E-state index is 11.1. The third-order valence-corrected chi connectivity index (χ3v) is 4.32. The molecule has 7 heteroatoms. The SMILES string of the molecule is NC(=O)OCCCC1SCC2NC(=O)NC21. The van der Waals surface area contributed by atoms with Gasteiger partial charge in [-0.25, -0.2) is 9.59 Å². The molecule has 0 spiro atoms. The Balaban J connectivity index is 1.70. The monoisotopic (exact) mass is 245 g/mol. The second-order valence-electron chi connectivity index (χ2n) is 3.93. The van der Waals surface area contributed by atoms with Crippen molar-refractivity contribution in [3.05, 3.63) is 0 Å². The van der Waals surface area contributed by atoms with Gasteiger partial charge in [-0.2, -0.15) is 11.8 Å². The summed E-state index contributed by atoms with van der Waals surface area (Å²) in [6.07, 6.45) is 0.966. The fraction of sp³-hybridized carbons (Fsp3) is 0.778. The van der Waals surface area contributed by atoms with Crippen molar-refractivity contribution in [3.8, 4) is 0 Å². The molecular weight excluding hydrogens is 230 g/mol. The van der Waals surface area contributed by atoms with Gasteiger partial charge in [0.15, 0.2) is 0 Å². The molecule has 90 valence electrons. The molecule has 0 aromatic carbocycles. The van der Waals surface area contributed by atoms with E-state index in [4.69, 9.17) is 5.73 Å². The average molecular weight is 245 g/mol. The molecule has 2 rings (SSSR count). The van der Waals surface area contributed by atoms with Gasteiger partial charge in [-0.1, -0.05) is 0 Å². The number of hydrogen-bond donors (Lipinski definition) is 3. The second kappa shape index (κ2) is 4.82. The van der Waals surface area contributed by atoms with E-state index in [1.54, 1.807) is 0 Å². The summed E-state index contributed by atoms with van der Waals surface area (Å²) in [4.78, 5) is 21.5. The highest BCUT2D eigenvalue weighted by Gasteiger charge is 2.42. The predicted molar refractivity (Wildman–Crippen MR) is 60.3 cm³/mol. The van der Waals surface area contributed by atoms with Crippen LogP contribution in [0, 0.1) is 0 Å². The first-order valence-electron chi connectivity index (χ1n) is 5.27. The lowest BCUT2D eigenvalue weighted by molar-refractivity contribution is 0.154. The zero-order valence-electron chi connectivity index (χ0n) is 8.77. The number of hydrogen-bond acceptors (Lipinski definition) is 4. The quantitative estimate of drug-likeness (QED) is 0.481. The Bertz CT molecular complexity index is 300. The fourth-order valence-electron chi connectivity index (χ4n) is 2.10. The number of thioether (sulfide) groups is 1. The minimum Gasteiger partial charge on any atom is -0.450 e. The second-order valence-corrected chi connectivity index (χ2v) is 5.20. The third kappa shape index (κ3) is 2.52. The van der Waals surface area contributed by atoms with Crippen LogP contribution in [0.3, 0.4) is 0 Å². The zero-order chi connectivity index (χ0) is 11.5. The van der Waals surface area contributed by atoms with Crippen LogP contribution >= 0.6 is 11.8 Å². The van der Waals surface area contributed by atoms with Gasteiger partial charge in [0, 0.05) is 11.0 Å². The summed E-state index contributed by atoms with van der Waals surface area (Å²) in [7, 11) is 0. The molecule has 0 aromatic heterocycles. The molecule has 2 aliphatic heterocycles. The van der Waals surface area contributed by atoms with E-state index >= 15 is 0 Å². The van der Waals surface area contributed by atoms with E-state index in [-0.39, 0.29) is 18.1 Å². The summed E-state index contributed by atoms with van der Waals surface area (Å²) in [5.41, 5.74) is 4.86. The van der Waals surface area contributed by atoms with Gasteiger partial charge in [-0.05, 0) is 12.8 Å². The molecule has 0 bridgehead atoms. The van der Waals surface area contributed by atoms with Gasteiger partial charge in [0.05, 0.1) is 18.7 Å². The molecule has 3 atom stereocenters. The third-order valence-electron chi connectivity index (χ3n) is 2.82. The van der Waals surface area contributed by atoms with Crippen LogP contribution < -0.4 is 16.4 Å². The number of urea groups is 1. The van der Waals surface area contributed by atoms with Gasteiger partial charge in [-0.3, -0.25) is 0 Å². The van der Waals surface area contributed by atoms with E-state index in [1.807, 2.05) is 11.8 Å². The zero-order valence-corrected chi connectivity index (χ0v) is 9.59. The molecule has 3 amide bonds. The van der Waals surface area contributed by atoms with Gasteiger partial charge < -0.3 is 21.1 Å². The van der Waals surface area contributed by atoms with Crippen LogP contribution in [-0.2, 0) is 4.74 Å². The summed E-state index contributed by atoms with van der Waals surface area (Å²) < 4.78 is 4.66. The van der Waals surface area contributed by atoms with Crippen molar-refractivity contribution in [2.24, 2.45) is 5.73 Å². The van der Waals surface area contributed by atoms with Gasteiger partial charge >= 0.3 is 12.1 Å². The van der Waals surface area contributed by atoms with Crippen molar-refractivity contribution in [2.75, 3.05) is 12.4 Å². The molecule has 16 heavy (non-hydrogen) atoms. The van der Waals surface area contributed by atoms with Crippen LogP contribution in [0.5, 0.6) is 0 Å². The molecule has 2 fully saturated rings. The number of primary amides is 1. The highest BCUT2D eigenvalue weighted by atomic mass is 32.2. The van der Waals surface area contributed by atoms with E-state index < -0.39 is 6.09 Å². The lowest BCUT2D eigenvalue weighted by Gasteiger charge is -2.16. The number of rotatable bonds is 4. The van der Waals surface area contributed by atoms with Crippen molar-refractivity contribution in [3.63, 3.8) is 0 Å². The number of ether oxygens (including phenoxy) is 1. The number of fused-ring (bicyclic) bond motifs is 1. The lowest BCUT2D eigenvalue weighted by atomic mass is 10.1. The average Bonchev–Trinajstić information content (AvgIpc) is 2.72. The predicted octanol–water partition coefficient (Wildman–Crippen LogP) is 0.0273. The largest absolute Gasteiger partial charge is 0.450 e. The minimum absolute atomic E-state index is 0.0753. The molecule has 3 unspecified atom stereocenters. The van der Waals surface area contributed by atoms with Crippen LogP contribution in [-0.4, -0.2) is 41.8 Å². The Morgan fingerprint density at radius 3 is 3.12 bits per heavy atom. The summed E-state index contributed by atoms with van der Waals surface area (Å²) in [5, 5.41) is 6.19. The van der Waals surface area contributed by atoms with Crippen LogP contribution in [0.1, 0.15) is 12.8 Å². The topological polar surface area (TPSA) is 93.5 Å². The maximum Gasteiger partial charge on any atom is 0.404 e. The highest BCUT2D eigenvalue weighted by Crippen LogP contribution is 2.32. The molecule has 2 saturated heterocycles. The highest BCUT2D eigenvalue weighted by molar-refractivity contribution is 8.00. The van der Waals surface area contributed by atoms with Crippen molar-refractivity contribution < 1.29 is 14.3 Å². The summed E-state index contributed by atoms with van der Waals surface area (Å²) in [6.45, 7) is 0.352. The summed E-state index contributed by atoms with van der Waals surface area (Å²) in [5.74, 6) is 0.949.